The molecular formula is C50H34N2. The summed E-state index contributed by atoms with van der Waals surface area (Å²) in [7, 11) is 0. The van der Waals surface area contributed by atoms with Crippen LogP contribution in [0.25, 0.3) is 89.1 Å². The highest BCUT2D eigenvalue weighted by atomic mass is 14.7. The highest BCUT2D eigenvalue weighted by Gasteiger charge is 2.13. The van der Waals surface area contributed by atoms with Crippen LogP contribution < -0.4 is 0 Å². The van der Waals surface area contributed by atoms with Crippen molar-refractivity contribution in [3.63, 3.8) is 0 Å². The van der Waals surface area contributed by atoms with Gasteiger partial charge in [0.05, 0.1) is 16.9 Å². The molecule has 7 aromatic carbocycles. The summed E-state index contributed by atoms with van der Waals surface area (Å²) in [4.78, 5) is 10.00. The first kappa shape index (κ1) is 31.1. The molecule has 0 unspecified atom stereocenters. The van der Waals surface area contributed by atoms with Crippen LogP contribution in [0.15, 0.2) is 206 Å². The molecule has 0 saturated heterocycles. The van der Waals surface area contributed by atoms with Gasteiger partial charge in [-0.15, -0.1) is 0 Å². The van der Waals surface area contributed by atoms with E-state index in [4.69, 9.17) is 9.97 Å². The molecule has 0 N–H and O–H groups in total. The SMILES string of the molecule is c1ccc(-c2cc(-c3ccccc3)cc(-c3cccc(-c4cccc(-c5cc(-c6ccc(-c7ccccc7)nc6)c6ccccc6n5)c4)c3)c2)cc1. The lowest BCUT2D eigenvalue weighted by Crippen LogP contribution is -1.92. The van der Waals surface area contributed by atoms with Crippen LogP contribution in [0.4, 0.5) is 0 Å². The van der Waals surface area contributed by atoms with Gasteiger partial charge in [0, 0.05) is 28.3 Å². The first-order valence-electron chi connectivity index (χ1n) is 17.6. The van der Waals surface area contributed by atoms with E-state index in [2.05, 4.69) is 182 Å². The van der Waals surface area contributed by atoms with Crippen LogP contribution in [0.1, 0.15) is 0 Å². The minimum atomic E-state index is 0.932. The minimum absolute atomic E-state index is 0.932. The summed E-state index contributed by atoms with van der Waals surface area (Å²) in [6.07, 6.45) is 1.98. The Labute approximate surface area is 304 Å². The van der Waals surface area contributed by atoms with Gasteiger partial charge in [0.2, 0.25) is 0 Å². The zero-order valence-corrected chi connectivity index (χ0v) is 28.5. The van der Waals surface area contributed by atoms with E-state index in [1.54, 1.807) is 0 Å². The Morgan fingerprint density at radius 2 is 0.731 bits per heavy atom. The van der Waals surface area contributed by atoms with E-state index in [9.17, 15) is 0 Å². The number of hydrogen-bond donors (Lipinski definition) is 0. The summed E-state index contributed by atoms with van der Waals surface area (Å²) in [5.74, 6) is 0. The van der Waals surface area contributed by atoms with Crippen molar-refractivity contribution >= 4 is 10.9 Å². The standard InChI is InChI=1S/C50H34N2/c1-4-14-35(15-5-1)43-30-44(36-16-6-2-7-17-36)32-45(31-43)40-22-12-20-38(28-40)39-21-13-23-41(29-39)50-33-47(46-24-10-11-25-49(46)52-50)42-26-27-48(51-34-42)37-18-8-3-9-19-37/h1-34H. The van der Waals surface area contributed by atoms with Gasteiger partial charge >= 0.3 is 0 Å². The van der Waals surface area contributed by atoms with Crippen molar-refractivity contribution in [2.45, 2.75) is 0 Å². The highest BCUT2D eigenvalue weighted by molar-refractivity contribution is 5.97. The third-order valence-electron chi connectivity index (χ3n) is 9.70. The molecule has 0 atom stereocenters. The van der Waals surface area contributed by atoms with Crippen molar-refractivity contribution in [1.82, 2.24) is 9.97 Å². The van der Waals surface area contributed by atoms with Gasteiger partial charge in [-0.05, 0) is 98.6 Å². The lowest BCUT2D eigenvalue weighted by Gasteiger charge is -2.13. The maximum Gasteiger partial charge on any atom is 0.0716 e. The first-order valence-corrected chi connectivity index (χ1v) is 17.6. The second-order valence-electron chi connectivity index (χ2n) is 13.1. The molecular weight excluding hydrogens is 629 g/mol. The minimum Gasteiger partial charge on any atom is -0.256 e. The number of hydrogen-bond acceptors (Lipinski definition) is 2. The molecule has 2 nitrogen and oxygen atoms in total. The monoisotopic (exact) mass is 662 g/mol. The van der Waals surface area contributed by atoms with Crippen LogP contribution in [0, 0.1) is 0 Å². The number of pyridine rings is 2. The molecule has 2 heteroatoms. The zero-order chi connectivity index (χ0) is 34.7. The second kappa shape index (κ2) is 13.8. The summed E-state index contributed by atoms with van der Waals surface area (Å²) in [5, 5.41) is 1.11. The van der Waals surface area contributed by atoms with Gasteiger partial charge in [0.25, 0.3) is 0 Å². The van der Waals surface area contributed by atoms with Gasteiger partial charge in [-0.3, -0.25) is 4.98 Å². The Morgan fingerprint density at radius 1 is 0.269 bits per heavy atom. The normalized spacial score (nSPS) is 11.1. The van der Waals surface area contributed by atoms with E-state index in [-0.39, 0.29) is 0 Å². The second-order valence-corrected chi connectivity index (χ2v) is 13.1. The maximum absolute atomic E-state index is 5.15. The van der Waals surface area contributed by atoms with Gasteiger partial charge in [-0.2, -0.15) is 0 Å². The third-order valence-corrected chi connectivity index (χ3v) is 9.70. The quantitative estimate of drug-likeness (QED) is 0.170. The molecule has 9 rings (SSSR count). The summed E-state index contributed by atoms with van der Waals surface area (Å²) in [5.41, 5.74) is 16.7. The fraction of sp³-hybridized carbons (Fsp3) is 0. The van der Waals surface area contributed by atoms with E-state index in [0.717, 1.165) is 55.7 Å². The summed E-state index contributed by atoms with van der Waals surface area (Å²) in [6.45, 7) is 0. The number of fused-ring (bicyclic) bond motifs is 1. The van der Waals surface area contributed by atoms with Gasteiger partial charge in [-0.1, -0.05) is 152 Å². The fourth-order valence-corrected chi connectivity index (χ4v) is 7.02. The molecule has 244 valence electrons. The zero-order valence-electron chi connectivity index (χ0n) is 28.5. The highest BCUT2D eigenvalue weighted by Crippen LogP contribution is 2.37. The molecule has 2 heterocycles. The van der Waals surface area contributed by atoms with Crippen LogP contribution in [0.2, 0.25) is 0 Å². The molecule has 2 aromatic heterocycles. The lowest BCUT2D eigenvalue weighted by molar-refractivity contribution is 1.32. The predicted molar refractivity (Wildman–Crippen MR) is 218 cm³/mol. The fourth-order valence-electron chi connectivity index (χ4n) is 7.02. The lowest BCUT2D eigenvalue weighted by atomic mass is 9.92. The van der Waals surface area contributed by atoms with Crippen molar-refractivity contribution in [3.8, 4) is 78.1 Å². The van der Waals surface area contributed by atoms with E-state index in [1.807, 2.05) is 24.4 Å². The predicted octanol–water partition coefficient (Wildman–Crippen LogP) is 13.3. The Bertz CT molecular complexity index is 2590. The summed E-state index contributed by atoms with van der Waals surface area (Å²) >= 11 is 0. The van der Waals surface area contributed by atoms with E-state index < -0.39 is 0 Å². The Hall–Kier alpha value is -6.90. The van der Waals surface area contributed by atoms with Crippen LogP contribution >= 0.6 is 0 Å². The Morgan fingerprint density at radius 3 is 1.33 bits per heavy atom. The number of para-hydroxylation sites is 1. The largest absolute Gasteiger partial charge is 0.256 e. The number of nitrogens with zero attached hydrogens (tertiary/aromatic N) is 2. The first-order chi connectivity index (χ1) is 25.7. The van der Waals surface area contributed by atoms with Crippen molar-refractivity contribution in [3.05, 3.63) is 206 Å². The smallest absolute Gasteiger partial charge is 0.0716 e. The van der Waals surface area contributed by atoms with Crippen molar-refractivity contribution in [2.75, 3.05) is 0 Å². The number of benzene rings is 7. The number of aromatic nitrogens is 2. The molecule has 0 bridgehead atoms. The molecule has 0 aliphatic heterocycles. The van der Waals surface area contributed by atoms with E-state index in [0.29, 0.717) is 0 Å². The van der Waals surface area contributed by atoms with E-state index >= 15 is 0 Å². The van der Waals surface area contributed by atoms with E-state index in [1.165, 1.54) is 33.4 Å². The summed E-state index contributed by atoms with van der Waals surface area (Å²) in [6, 6.07) is 70.9. The van der Waals surface area contributed by atoms with Crippen LogP contribution in [0.3, 0.4) is 0 Å². The van der Waals surface area contributed by atoms with Gasteiger partial charge in [0.15, 0.2) is 0 Å². The molecule has 0 radical (unpaired) electrons. The van der Waals surface area contributed by atoms with Crippen LogP contribution in [-0.2, 0) is 0 Å². The van der Waals surface area contributed by atoms with Crippen LogP contribution in [0.5, 0.6) is 0 Å². The molecule has 52 heavy (non-hydrogen) atoms. The van der Waals surface area contributed by atoms with Crippen LogP contribution in [-0.4, -0.2) is 9.97 Å². The molecule has 9 aromatic rings. The molecule has 0 amide bonds. The van der Waals surface area contributed by atoms with Gasteiger partial charge in [0.1, 0.15) is 0 Å². The molecule has 0 fully saturated rings. The van der Waals surface area contributed by atoms with Gasteiger partial charge < -0.3 is 0 Å². The molecule has 0 saturated carbocycles. The Balaban J connectivity index is 1.10. The topological polar surface area (TPSA) is 25.8 Å². The Kier molecular flexibility index (Phi) is 8.24. The molecule has 0 aliphatic rings. The van der Waals surface area contributed by atoms with Crippen molar-refractivity contribution in [1.29, 1.82) is 0 Å². The molecule has 0 aliphatic carbocycles. The third kappa shape index (κ3) is 6.30. The summed E-state index contributed by atoms with van der Waals surface area (Å²) < 4.78 is 0. The number of rotatable bonds is 7. The van der Waals surface area contributed by atoms with Crippen molar-refractivity contribution in [2.24, 2.45) is 0 Å². The maximum atomic E-state index is 5.15. The average Bonchev–Trinajstić information content (AvgIpc) is 3.24. The van der Waals surface area contributed by atoms with Gasteiger partial charge in [-0.25, -0.2) is 4.98 Å². The molecule has 0 spiro atoms. The van der Waals surface area contributed by atoms with Crippen molar-refractivity contribution < 1.29 is 0 Å². The average molecular weight is 663 g/mol.